The minimum absolute atomic E-state index is 0.0798. The van der Waals surface area contributed by atoms with Gasteiger partial charge in [-0.2, -0.15) is 0 Å². The molecule has 2 N–H and O–H groups in total. The zero-order chi connectivity index (χ0) is 20.2. The molecule has 0 aliphatic carbocycles. The zero-order valence-electron chi connectivity index (χ0n) is 15.4. The largest absolute Gasteiger partial charge is 0.488 e. The third kappa shape index (κ3) is 3.92. The Kier molecular flexibility index (Phi) is 5.16. The molecule has 29 heavy (non-hydrogen) atoms. The number of imidazole rings is 1. The van der Waals surface area contributed by atoms with E-state index in [2.05, 4.69) is 25.3 Å². The highest BCUT2D eigenvalue weighted by atomic mass is 19.1. The number of carbonyl (C=O) groups is 1. The van der Waals surface area contributed by atoms with E-state index >= 15 is 0 Å². The van der Waals surface area contributed by atoms with Gasteiger partial charge in [0, 0.05) is 37.5 Å². The van der Waals surface area contributed by atoms with Gasteiger partial charge in [0.1, 0.15) is 12.9 Å². The van der Waals surface area contributed by atoms with Crippen molar-refractivity contribution in [3.05, 3.63) is 60.7 Å². The van der Waals surface area contributed by atoms with Crippen molar-refractivity contribution in [2.75, 3.05) is 25.6 Å². The summed E-state index contributed by atoms with van der Waals surface area (Å²) in [6, 6.07) is 5.92. The maximum Gasteiger partial charge on any atom is 0.276 e. The van der Waals surface area contributed by atoms with E-state index in [0.717, 1.165) is 0 Å². The van der Waals surface area contributed by atoms with Gasteiger partial charge in [-0.3, -0.25) is 9.36 Å². The first-order valence-electron chi connectivity index (χ1n) is 8.72. The molecule has 0 aliphatic heterocycles. The third-order valence-corrected chi connectivity index (χ3v) is 4.08. The van der Waals surface area contributed by atoms with Crippen LogP contribution in [-0.4, -0.2) is 50.7 Å². The Hall–Kier alpha value is -3.79. The van der Waals surface area contributed by atoms with E-state index in [-0.39, 0.29) is 23.7 Å². The van der Waals surface area contributed by atoms with Crippen LogP contribution in [0.3, 0.4) is 0 Å². The number of hydrogen-bond acceptors (Lipinski definition) is 6. The molecule has 3 heterocycles. The second kappa shape index (κ2) is 8.07. The van der Waals surface area contributed by atoms with Gasteiger partial charge in [0.05, 0.1) is 17.6 Å². The lowest BCUT2D eigenvalue weighted by Gasteiger charge is -2.10. The molecule has 0 fully saturated rings. The van der Waals surface area contributed by atoms with Gasteiger partial charge in [0.2, 0.25) is 5.95 Å². The van der Waals surface area contributed by atoms with E-state index in [1.54, 1.807) is 35.3 Å². The lowest BCUT2D eigenvalue weighted by Crippen LogP contribution is -2.16. The predicted octanol–water partition coefficient (Wildman–Crippen LogP) is 2.56. The molecule has 0 saturated carbocycles. The second-order valence-electron chi connectivity index (χ2n) is 6.02. The molecule has 0 atom stereocenters. The Balaban J connectivity index is 1.59. The summed E-state index contributed by atoms with van der Waals surface area (Å²) in [5.74, 6) is -0.719. The highest BCUT2D eigenvalue weighted by molar-refractivity contribution is 6.10. The van der Waals surface area contributed by atoms with Crippen LogP contribution in [0.15, 0.2) is 49.2 Å². The number of hydrogen-bond donors (Lipinski definition) is 2. The number of aromatic amines is 1. The maximum atomic E-state index is 14.2. The number of aromatic nitrogens is 5. The monoisotopic (exact) mass is 396 g/mol. The van der Waals surface area contributed by atoms with Gasteiger partial charge in [0.15, 0.2) is 17.3 Å². The number of amides is 1. The average molecular weight is 396 g/mol. The number of rotatable bonds is 7. The van der Waals surface area contributed by atoms with Crippen molar-refractivity contribution >= 4 is 22.6 Å². The van der Waals surface area contributed by atoms with Crippen LogP contribution in [-0.2, 0) is 4.74 Å². The van der Waals surface area contributed by atoms with Crippen LogP contribution in [0.1, 0.15) is 10.5 Å². The molecule has 10 heteroatoms. The first-order valence-corrected chi connectivity index (χ1v) is 8.72. The normalized spacial score (nSPS) is 11.0. The highest BCUT2D eigenvalue weighted by Gasteiger charge is 2.17. The lowest BCUT2D eigenvalue weighted by molar-refractivity contribution is 0.102. The van der Waals surface area contributed by atoms with Gasteiger partial charge in [0.25, 0.3) is 5.91 Å². The number of nitrogens with one attached hydrogen (secondary N) is 2. The van der Waals surface area contributed by atoms with E-state index in [9.17, 15) is 9.18 Å². The molecule has 3 aromatic heterocycles. The summed E-state index contributed by atoms with van der Waals surface area (Å²) >= 11 is 0. The molecule has 1 aromatic carbocycles. The Bertz CT molecular complexity index is 1140. The molecule has 0 bridgehead atoms. The molecule has 1 amide bonds. The van der Waals surface area contributed by atoms with Crippen LogP contribution in [0, 0.1) is 5.82 Å². The molecule has 0 saturated heterocycles. The number of halogens is 1. The first kappa shape index (κ1) is 18.6. The molecule has 0 unspecified atom stereocenters. The minimum atomic E-state index is -0.592. The number of carbonyl (C=O) groups excluding carboxylic acids is 1. The molecular weight excluding hydrogens is 379 g/mol. The standard InChI is InChI=1S/C19H17FN6O3/c1-28-8-9-29-15-3-2-12(10-13(15)20)23-18(27)17-16-14(4-5-22-16)24-19(25-17)26-7-6-21-11-26/h2-7,10-11,22H,8-9H2,1H3,(H,23,27). The van der Waals surface area contributed by atoms with Crippen molar-refractivity contribution in [1.82, 2.24) is 24.5 Å². The number of benzene rings is 1. The van der Waals surface area contributed by atoms with E-state index in [4.69, 9.17) is 9.47 Å². The molecule has 0 radical (unpaired) electrons. The number of H-pyrrole nitrogens is 1. The summed E-state index contributed by atoms with van der Waals surface area (Å²) in [4.78, 5) is 28.5. The zero-order valence-corrected chi connectivity index (χ0v) is 15.4. The molecule has 4 rings (SSSR count). The number of nitrogens with zero attached hydrogens (tertiary/aromatic N) is 4. The van der Waals surface area contributed by atoms with Crippen LogP contribution in [0.2, 0.25) is 0 Å². The smallest absolute Gasteiger partial charge is 0.276 e. The number of ether oxygens (including phenoxy) is 2. The summed E-state index contributed by atoms with van der Waals surface area (Å²) < 4.78 is 26.0. The highest BCUT2D eigenvalue weighted by Crippen LogP contribution is 2.23. The summed E-state index contributed by atoms with van der Waals surface area (Å²) in [6.45, 7) is 0.568. The molecule has 9 nitrogen and oxygen atoms in total. The van der Waals surface area contributed by atoms with Crippen LogP contribution in [0.4, 0.5) is 10.1 Å². The van der Waals surface area contributed by atoms with E-state index in [1.165, 1.54) is 25.6 Å². The van der Waals surface area contributed by atoms with Crippen molar-refractivity contribution in [1.29, 1.82) is 0 Å². The van der Waals surface area contributed by atoms with E-state index in [0.29, 0.717) is 23.6 Å². The second-order valence-corrected chi connectivity index (χ2v) is 6.02. The fourth-order valence-corrected chi connectivity index (χ4v) is 2.71. The fourth-order valence-electron chi connectivity index (χ4n) is 2.71. The SMILES string of the molecule is COCCOc1ccc(NC(=O)c2nc(-n3ccnc3)nc3cc[nH]c23)cc1F. The summed E-state index contributed by atoms with van der Waals surface area (Å²) in [5, 5.41) is 2.65. The Morgan fingerprint density at radius 2 is 2.17 bits per heavy atom. The van der Waals surface area contributed by atoms with Crippen LogP contribution in [0.25, 0.3) is 17.0 Å². The number of anilines is 1. The topological polar surface area (TPSA) is 107 Å². The van der Waals surface area contributed by atoms with Crippen molar-refractivity contribution in [3.63, 3.8) is 0 Å². The molecular formula is C19H17FN6O3. The van der Waals surface area contributed by atoms with Crippen LogP contribution >= 0.6 is 0 Å². The molecule has 148 valence electrons. The Morgan fingerprint density at radius 1 is 1.28 bits per heavy atom. The van der Waals surface area contributed by atoms with Gasteiger partial charge in [-0.15, -0.1) is 0 Å². The van der Waals surface area contributed by atoms with Crippen molar-refractivity contribution < 1.29 is 18.7 Å². The molecule has 4 aromatic rings. The number of methoxy groups -OCH3 is 1. The van der Waals surface area contributed by atoms with Gasteiger partial charge >= 0.3 is 0 Å². The van der Waals surface area contributed by atoms with Gasteiger partial charge in [-0.25, -0.2) is 19.3 Å². The average Bonchev–Trinajstić information content (AvgIpc) is 3.40. The molecule has 0 aliphatic rings. The first-order chi connectivity index (χ1) is 14.2. The van der Waals surface area contributed by atoms with Crippen molar-refractivity contribution in [2.45, 2.75) is 0 Å². The predicted molar refractivity (Wildman–Crippen MR) is 103 cm³/mol. The summed E-state index contributed by atoms with van der Waals surface area (Å²) in [7, 11) is 1.53. The van der Waals surface area contributed by atoms with Gasteiger partial charge in [-0.05, 0) is 18.2 Å². The Morgan fingerprint density at radius 3 is 2.93 bits per heavy atom. The van der Waals surface area contributed by atoms with E-state index < -0.39 is 11.7 Å². The summed E-state index contributed by atoms with van der Waals surface area (Å²) in [5.41, 5.74) is 1.45. The third-order valence-electron chi connectivity index (χ3n) is 4.08. The minimum Gasteiger partial charge on any atom is -0.488 e. The van der Waals surface area contributed by atoms with Crippen molar-refractivity contribution in [2.24, 2.45) is 0 Å². The quantitative estimate of drug-likeness (QED) is 0.465. The lowest BCUT2D eigenvalue weighted by atomic mass is 10.2. The van der Waals surface area contributed by atoms with E-state index in [1.807, 2.05) is 0 Å². The van der Waals surface area contributed by atoms with Crippen LogP contribution in [0.5, 0.6) is 5.75 Å². The molecule has 0 spiro atoms. The van der Waals surface area contributed by atoms with Gasteiger partial charge in [-0.1, -0.05) is 0 Å². The Labute approximate surface area is 164 Å². The van der Waals surface area contributed by atoms with Crippen molar-refractivity contribution in [3.8, 4) is 11.7 Å². The summed E-state index contributed by atoms with van der Waals surface area (Å²) in [6.07, 6.45) is 6.46. The van der Waals surface area contributed by atoms with Gasteiger partial charge < -0.3 is 19.8 Å². The van der Waals surface area contributed by atoms with Crippen LogP contribution < -0.4 is 10.1 Å². The maximum absolute atomic E-state index is 14.2. The number of fused-ring (bicyclic) bond motifs is 1. The fraction of sp³-hybridized carbons (Fsp3) is 0.158.